The molecule has 0 unspecified atom stereocenters. The van der Waals surface area contributed by atoms with Crippen LogP contribution in [0.25, 0.3) is 11.5 Å². The molecule has 1 aromatic carbocycles. The van der Waals surface area contributed by atoms with Crippen LogP contribution in [-0.4, -0.2) is 21.8 Å². The molecule has 0 fully saturated rings. The average Bonchev–Trinajstić information content (AvgIpc) is 3.02. The Bertz CT molecular complexity index is 823. The molecule has 7 nitrogen and oxygen atoms in total. The molecular formula is C16H15IN4O3. The Hall–Kier alpha value is -2.36. The van der Waals surface area contributed by atoms with E-state index in [1.165, 1.54) is 0 Å². The SMILES string of the molecule is CCOc1cc(-c2nnc(N)o2)cc(I)c1OCc1cccnc1. The second-order valence-electron chi connectivity index (χ2n) is 4.81. The van der Waals surface area contributed by atoms with E-state index in [2.05, 4.69) is 37.8 Å². The molecule has 0 radical (unpaired) electrons. The fourth-order valence-corrected chi connectivity index (χ4v) is 2.84. The summed E-state index contributed by atoms with van der Waals surface area (Å²) in [6, 6.07) is 7.53. The molecule has 0 aliphatic carbocycles. The summed E-state index contributed by atoms with van der Waals surface area (Å²) in [5.74, 6) is 1.61. The molecular weight excluding hydrogens is 423 g/mol. The molecule has 0 aliphatic heterocycles. The van der Waals surface area contributed by atoms with Crippen LogP contribution in [0.4, 0.5) is 6.01 Å². The molecule has 0 aliphatic rings. The number of rotatable bonds is 6. The van der Waals surface area contributed by atoms with Gasteiger partial charge in [-0.1, -0.05) is 11.2 Å². The number of nitrogens with two attached hydrogens (primary N) is 1. The van der Waals surface area contributed by atoms with Gasteiger partial charge in [0.1, 0.15) is 6.61 Å². The highest BCUT2D eigenvalue weighted by molar-refractivity contribution is 14.1. The molecule has 3 rings (SSSR count). The lowest BCUT2D eigenvalue weighted by atomic mass is 10.2. The highest BCUT2D eigenvalue weighted by Gasteiger charge is 2.16. The summed E-state index contributed by atoms with van der Waals surface area (Å²) in [6.07, 6.45) is 3.49. The van der Waals surface area contributed by atoms with Gasteiger partial charge in [0, 0.05) is 23.5 Å². The molecule has 0 saturated heterocycles. The van der Waals surface area contributed by atoms with E-state index in [1.807, 2.05) is 25.1 Å². The number of nitrogens with zero attached hydrogens (tertiary/aromatic N) is 3. The Morgan fingerprint density at radius 2 is 2.12 bits per heavy atom. The van der Waals surface area contributed by atoms with Crippen molar-refractivity contribution in [1.82, 2.24) is 15.2 Å². The summed E-state index contributed by atoms with van der Waals surface area (Å²) in [7, 11) is 0. The summed E-state index contributed by atoms with van der Waals surface area (Å²) in [4.78, 5) is 4.08. The van der Waals surface area contributed by atoms with Crippen LogP contribution in [0.3, 0.4) is 0 Å². The Morgan fingerprint density at radius 3 is 2.79 bits per heavy atom. The van der Waals surface area contributed by atoms with E-state index < -0.39 is 0 Å². The molecule has 124 valence electrons. The maximum Gasteiger partial charge on any atom is 0.313 e. The molecule has 8 heteroatoms. The zero-order valence-electron chi connectivity index (χ0n) is 12.9. The molecule has 2 aromatic heterocycles. The van der Waals surface area contributed by atoms with Crippen molar-refractivity contribution >= 4 is 28.6 Å². The van der Waals surface area contributed by atoms with Crippen molar-refractivity contribution in [3.63, 3.8) is 0 Å². The fourth-order valence-electron chi connectivity index (χ4n) is 2.08. The van der Waals surface area contributed by atoms with Crippen molar-refractivity contribution in [2.75, 3.05) is 12.3 Å². The predicted octanol–water partition coefficient (Wildman–Crippen LogP) is 3.30. The van der Waals surface area contributed by atoms with E-state index in [1.54, 1.807) is 18.5 Å². The second-order valence-corrected chi connectivity index (χ2v) is 5.98. The van der Waals surface area contributed by atoms with E-state index >= 15 is 0 Å². The minimum Gasteiger partial charge on any atom is -0.490 e. The quantitative estimate of drug-likeness (QED) is 0.590. The van der Waals surface area contributed by atoms with Gasteiger partial charge < -0.3 is 19.6 Å². The van der Waals surface area contributed by atoms with Crippen LogP contribution in [0.15, 0.2) is 41.1 Å². The van der Waals surface area contributed by atoms with Crippen LogP contribution in [-0.2, 0) is 6.61 Å². The summed E-state index contributed by atoms with van der Waals surface area (Å²) < 4.78 is 17.8. The van der Waals surface area contributed by atoms with Crippen molar-refractivity contribution in [3.05, 3.63) is 45.8 Å². The summed E-state index contributed by atoms with van der Waals surface area (Å²) in [6.45, 7) is 2.82. The van der Waals surface area contributed by atoms with Crippen LogP contribution in [0.2, 0.25) is 0 Å². The number of hydrogen-bond donors (Lipinski definition) is 1. The summed E-state index contributed by atoms with van der Waals surface area (Å²) >= 11 is 2.19. The Balaban J connectivity index is 1.90. The monoisotopic (exact) mass is 438 g/mol. The van der Waals surface area contributed by atoms with E-state index in [0.717, 1.165) is 14.7 Å². The molecule has 0 bridgehead atoms. The lowest BCUT2D eigenvalue weighted by Gasteiger charge is -2.14. The van der Waals surface area contributed by atoms with Gasteiger partial charge in [-0.2, -0.15) is 0 Å². The first-order valence-electron chi connectivity index (χ1n) is 7.24. The van der Waals surface area contributed by atoms with Gasteiger partial charge in [0.2, 0.25) is 5.89 Å². The van der Waals surface area contributed by atoms with Crippen molar-refractivity contribution < 1.29 is 13.9 Å². The minimum absolute atomic E-state index is 0.0230. The number of halogens is 1. The van der Waals surface area contributed by atoms with Gasteiger partial charge in [-0.3, -0.25) is 4.98 Å². The van der Waals surface area contributed by atoms with E-state index in [0.29, 0.717) is 30.6 Å². The van der Waals surface area contributed by atoms with Crippen LogP contribution < -0.4 is 15.2 Å². The van der Waals surface area contributed by atoms with Crippen LogP contribution in [0.5, 0.6) is 11.5 Å². The highest BCUT2D eigenvalue weighted by atomic mass is 127. The smallest absolute Gasteiger partial charge is 0.313 e. The van der Waals surface area contributed by atoms with Gasteiger partial charge in [-0.15, -0.1) is 5.10 Å². The Labute approximate surface area is 152 Å². The molecule has 0 spiro atoms. The molecule has 0 amide bonds. The normalized spacial score (nSPS) is 10.6. The fraction of sp³-hybridized carbons (Fsp3) is 0.188. The number of hydrogen-bond acceptors (Lipinski definition) is 7. The Morgan fingerprint density at radius 1 is 1.25 bits per heavy atom. The lowest BCUT2D eigenvalue weighted by Crippen LogP contribution is -2.02. The maximum atomic E-state index is 5.94. The van der Waals surface area contributed by atoms with Gasteiger partial charge in [0.05, 0.1) is 10.2 Å². The molecule has 0 saturated carbocycles. The average molecular weight is 438 g/mol. The number of nitrogen functional groups attached to an aromatic ring is 1. The van der Waals surface area contributed by atoms with E-state index in [9.17, 15) is 0 Å². The molecule has 2 N–H and O–H groups in total. The number of aromatic nitrogens is 3. The predicted molar refractivity (Wildman–Crippen MR) is 96.6 cm³/mol. The maximum absolute atomic E-state index is 5.94. The van der Waals surface area contributed by atoms with Crippen molar-refractivity contribution in [3.8, 4) is 23.0 Å². The third-order valence-electron chi connectivity index (χ3n) is 3.10. The van der Waals surface area contributed by atoms with Gasteiger partial charge in [-0.05, 0) is 47.7 Å². The third-order valence-corrected chi connectivity index (χ3v) is 3.90. The third kappa shape index (κ3) is 3.75. The molecule has 3 aromatic rings. The highest BCUT2D eigenvalue weighted by Crippen LogP contribution is 2.37. The molecule has 24 heavy (non-hydrogen) atoms. The van der Waals surface area contributed by atoms with Crippen molar-refractivity contribution in [2.45, 2.75) is 13.5 Å². The van der Waals surface area contributed by atoms with Crippen LogP contribution in [0.1, 0.15) is 12.5 Å². The first-order valence-corrected chi connectivity index (χ1v) is 8.32. The van der Waals surface area contributed by atoms with Crippen LogP contribution >= 0.6 is 22.6 Å². The standard InChI is InChI=1S/C16H15IN4O3/c1-2-22-13-7-11(15-20-21-16(18)24-15)6-12(17)14(13)23-9-10-4-3-5-19-8-10/h3-8H,2,9H2,1H3,(H2,18,21). The number of anilines is 1. The number of benzene rings is 1. The van der Waals surface area contributed by atoms with E-state index in [4.69, 9.17) is 19.6 Å². The summed E-state index contributed by atoms with van der Waals surface area (Å²) in [5, 5.41) is 7.58. The molecule has 2 heterocycles. The van der Waals surface area contributed by atoms with Gasteiger partial charge in [0.15, 0.2) is 11.5 Å². The second kappa shape index (κ2) is 7.47. The van der Waals surface area contributed by atoms with Crippen molar-refractivity contribution in [2.24, 2.45) is 0 Å². The number of ether oxygens (including phenoxy) is 2. The molecule has 0 atom stereocenters. The number of pyridine rings is 1. The Kier molecular flexibility index (Phi) is 5.14. The van der Waals surface area contributed by atoms with E-state index in [-0.39, 0.29) is 6.01 Å². The first kappa shape index (κ1) is 16.5. The zero-order valence-corrected chi connectivity index (χ0v) is 15.1. The van der Waals surface area contributed by atoms with Gasteiger partial charge in [-0.25, -0.2) is 0 Å². The van der Waals surface area contributed by atoms with Crippen molar-refractivity contribution in [1.29, 1.82) is 0 Å². The zero-order chi connectivity index (χ0) is 16.9. The largest absolute Gasteiger partial charge is 0.490 e. The van der Waals surface area contributed by atoms with Gasteiger partial charge in [0.25, 0.3) is 0 Å². The van der Waals surface area contributed by atoms with Gasteiger partial charge >= 0.3 is 6.01 Å². The summed E-state index contributed by atoms with van der Waals surface area (Å²) in [5.41, 5.74) is 7.19. The first-order chi connectivity index (χ1) is 11.7. The topological polar surface area (TPSA) is 96.3 Å². The minimum atomic E-state index is 0.0230. The lowest BCUT2D eigenvalue weighted by molar-refractivity contribution is 0.267. The van der Waals surface area contributed by atoms with Crippen LogP contribution in [0, 0.1) is 3.57 Å².